The molecule has 0 atom stereocenters. The Labute approximate surface area is 335 Å². The summed E-state index contributed by atoms with van der Waals surface area (Å²) in [6.45, 7) is 0. The lowest BCUT2D eigenvalue weighted by Crippen LogP contribution is -2.40. The van der Waals surface area contributed by atoms with E-state index in [9.17, 15) is 36.7 Å². The maximum absolute atomic E-state index is 14.7. The van der Waals surface area contributed by atoms with Gasteiger partial charge in [-0.3, -0.25) is 19.2 Å². The Morgan fingerprint density at radius 2 is 0.914 bits per heavy atom. The van der Waals surface area contributed by atoms with Crippen molar-refractivity contribution in [1.82, 2.24) is 9.97 Å². The molecule has 2 spiro atoms. The summed E-state index contributed by atoms with van der Waals surface area (Å²) >= 11 is 2.51. The second-order valence-electron chi connectivity index (χ2n) is 15.7. The molecule has 0 unspecified atom stereocenters. The molecule has 290 valence electrons. The van der Waals surface area contributed by atoms with Gasteiger partial charge in [-0.05, 0) is 87.8 Å². The standard InChI is InChI=1S/C44H28F4N2O6S2/c45-19-11-21-23(35(51)37(53)33(21)29(47)13-19)17-31-49-41-39(57-31)25-16-28-26(15-27(25)43(55-41)7-3-1-4-8-43)40-42(56-44(28)9-5-2-6-10-44)50-32(58-40)18-24-22-12-20(46)14-30(48)34(22)38(54)36(24)52/h11-18H,1-10H2/b23-17-,24-18-. The van der Waals surface area contributed by atoms with Gasteiger partial charge in [0.2, 0.25) is 34.9 Å². The van der Waals surface area contributed by atoms with E-state index in [1.54, 1.807) is 0 Å². The number of ether oxygens (including phenoxy) is 2. The van der Waals surface area contributed by atoms with Crippen LogP contribution in [0.1, 0.15) is 117 Å². The summed E-state index contributed by atoms with van der Waals surface area (Å²) in [5.41, 5.74) is 0.808. The molecule has 2 aliphatic heterocycles. The molecule has 2 aromatic heterocycles. The number of fused-ring (bicyclic) bond motifs is 10. The minimum atomic E-state index is -1.10. The quantitative estimate of drug-likeness (QED) is 0.0983. The highest BCUT2D eigenvalue weighted by molar-refractivity contribution is 7.17. The smallest absolute Gasteiger partial charge is 0.237 e. The lowest BCUT2D eigenvalue weighted by atomic mass is 9.71. The number of nitrogens with zero attached hydrogens (tertiary/aromatic N) is 2. The summed E-state index contributed by atoms with van der Waals surface area (Å²) in [6, 6.07) is 7.44. The molecule has 5 aromatic rings. The molecule has 0 radical (unpaired) electrons. The molecule has 0 saturated heterocycles. The van der Waals surface area contributed by atoms with Crippen molar-refractivity contribution in [2.75, 3.05) is 0 Å². The molecule has 0 N–H and O–H groups in total. The van der Waals surface area contributed by atoms with Gasteiger partial charge in [0, 0.05) is 56.7 Å². The molecule has 11 rings (SSSR count). The fourth-order valence-electron chi connectivity index (χ4n) is 9.73. The van der Waals surface area contributed by atoms with Gasteiger partial charge in [0.1, 0.15) is 44.5 Å². The Balaban J connectivity index is 1.08. The van der Waals surface area contributed by atoms with Crippen LogP contribution in [0, 0.1) is 23.3 Å². The summed E-state index contributed by atoms with van der Waals surface area (Å²) in [6.07, 6.45) is 11.3. The predicted octanol–water partition coefficient (Wildman–Crippen LogP) is 10.2. The Hall–Kier alpha value is -5.60. The Morgan fingerprint density at radius 1 is 0.517 bits per heavy atom. The van der Waals surface area contributed by atoms with Crippen LogP contribution in [-0.4, -0.2) is 33.1 Å². The monoisotopic (exact) mass is 820 g/mol. The average Bonchev–Trinajstić information content (AvgIpc) is 3.92. The molecule has 14 heteroatoms. The van der Waals surface area contributed by atoms with Crippen molar-refractivity contribution in [3.63, 3.8) is 0 Å². The highest BCUT2D eigenvalue weighted by Gasteiger charge is 2.49. The van der Waals surface area contributed by atoms with Crippen molar-refractivity contribution >= 4 is 69.1 Å². The van der Waals surface area contributed by atoms with Crippen LogP contribution in [0.25, 0.3) is 44.2 Å². The normalized spacial score (nSPS) is 20.8. The van der Waals surface area contributed by atoms with Gasteiger partial charge in [-0.1, -0.05) is 12.8 Å². The van der Waals surface area contributed by atoms with Crippen molar-refractivity contribution in [1.29, 1.82) is 0 Å². The van der Waals surface area contributed by atoms with Crippen molar-refractivity contribution in [3.8, 4) is 32.6 Å². The Morgan fingerprint density at radius 3 is 1.31 bits per heavy atom. The number of allylic oxidation sites excluding steroid dienone is 2. The van der Waals surface area contributed by atoms with E-state index in [1.165, 1.54) is 34.8 Å². The van der Waals surface area contributed by atoms with Crippen LogP contribution in [0.15, 0.2) is 36.4 Å². The van der Waals surface area contributed by atoms with Crippen LogP contribution in [-0.2, 0) is 20.8 Å². The van der Waals surface area contributed by atoms with E-state index in [2.05, 4.69) is 12.1 Å². The van der Waals surface area contributed by atoms with Crippen LogP contribution in [0.3, 0.4) is 0 Å². The first-order valence-corrected chi connectivity index (χ1v) is 20.8. The van der Waals surface area contributed by atoms with Gasteiger partial charge >= 0.3 is 0 Å². The highest BCUT2D eigenvalue weighted by Crippen LogP contribution is 2.59. The summed E-state index contributed by atoms with van der Waals surface area (Å²) in [5, 5.41) is 0.671. The maximum atomic E-state index is 14.7. The largest absolute Gasteiger partial charge is 0.465 e. The molecular formula is C44H28F4N2O6S2. The number of thiazole rings is 2. The van der Waals surface area contributed by atoms with Crippen LogP contribution in [0.4, 0.5) is 17.6 Å². The van der Waals surface area contributed by atoms with Gasteiger partial charge in [-0.2, -0.15) is 0 Å². The number of carbonyl (C=O) groups excluding carboxylic acids is 4. The van der Waals surface area contributed by atoms with Gasteiger partial charge in [0.25, 0.3) is 0 Å². The van der Waals surface area contributed by atoms with Gasteiger partial charge in [-0.15, -0.1) is 22.7 Å². The molecule has 2 saturated carbocycles. The van der Waals surface area contributed by atoms with Crippen LogP contribution in [0.5, 0.6) is 11.8 Å². The number of ketones is 4. The van der Waals surface area contributed by atoms with Crippen molar-refractivity contribution in [3.05, 3.63) is 103 Å². The van der Waals surface area contributed by atoms with Crippen LogP contribution >= 0.6 is 22.7 Å². The topological polar surface area (TPSA) is 113 Å². The van der Waals surface area contributed by atoms with E-state index in [1.807, 2.05) is 0 Å². The van der Waals surface area contributed by atoms with E-state index in [4.69, 9.17) is 19.4 Å². The zero-order valence-corrected chi connectivity index (χ0v) is 32.0. The van der Waals surface area contributed by atoms with E-state index in [-0.39, 0.29) is 22.3 Å². The number of rotatable bonds is 2. The molecule has 58 heavy (non-hydrogen) atoms. The third-order valence-electron chi connectivity index (χ3n) is 12.3. The third-order valence-corrected chi connectivity index (χ3v) is 14.4. The second-order valence-corrected chi connectivity index (χ2v) is 17.7. The lowest BCUT2D eigenvalue weighted by Gasteiger charge is -2.45. The van der Waals surface area contributed by atoms with E-state index in [0.717, 1.165) is 72.9 Å². The predicted molar refractivity (Wildman–Crippen MR) is 207 cm³/mol. The summed E-state index contributed by atoms with van der Waals surface area (Å²) in [4.78, 5) is 62.8. The summed E-state index contributed by atoms with van der Waals surface area (Å²) < 4.78 is 71.8. The van der Waals surface area contributed by atoms with Gasteiger partial charge in [0.15, 0.2) is 0 Å². The highest BCUT2D eigenvalue weighted by atomic mass is 32.1. The number of hydrogen-bond acceptors (Lipinski definition) is 10. The van der Waals surface area contributed by atoms with Crippen molar-refractivity contribution < 1.29 is 46.2 Å². The Kier molecular flexibility index (Phi) is 7.63. The Bertz CT molecular complexity index is 2650. The number of Topliss-reactive ketones (excluding diaryl/α,β-unsaturated/α-hetero) is 4. The molecule has 3 aromatic carbocycles. The van der Waals surface area contributed by atoms with E-state index in [0.29, 0.717) is 69.3 Å². The first-order chi connectivity index (χ1) is 27.9. The molecule has 4 aliphatic carbocycles. The summed E-state index contributed by atoms with van der Waals surface area (Å²) in [5.74, 6) is -7.21. The number of benzene rings is 3. The van der Waals surface area contributed by atoms with E-state index >= 15 is 0 Å². The summed E-state index contributed by atoms with van der Waals surface area (Å²) in [7, 11) is 0. The number of hydrogen-bond donors (Lipinski definition) is 0. The average molecular weight is 821 g/mol. The molecule has 8 nitrogen and oxygen atoms in total. The van der Waals surface area contributed by atoms with Gasteiger partial charge in [-0.25, -0.2) is 27.5 Å². The SMILES string of the molecule is O=C1C(=O)c2c(F)cc(F)cc2/C1=C/c1nc2c(s1)-c1cc3c(cc1C1(CCCCC1)O2)-c1sc(/C=C2\C(=O)C(=O)c4c(F)cc(F)cc42)nc1OC31CCCCC1. The molecule has 6 aliphatic rings. The number of halogens is 4. The minimum Gasteiger partial charge on any atom is -0.465 e. The van der Waals surface area contributed by atoms with Crippen LogP contribution < -0.4 is 9.47 Å². The molecular weight excluding hydrogens is 793 g/mol. The fourth-order valence-corrected chi connectivity index (χ4v) is 11.7. The first kappa shape index (κ1) is 35.6. The second kappa shape index (κ2) is 12.5. The lowest BCUT2D eigenvalue weighted by molar-refractivity contribution is -0.110. The molecule has 4 heterocycles. The van der Waals surface area contributed by atoms with Crippen LogP contribution in [0.2, 0.25) is 0 Å². The number of carbonyl (C=O) groups is 4. The number of aromatic nitrogens is 2. The zero-order valence-electron chi connectivity index (χ0n) is 30.4. The molecule has 0 amide bonds. The zero-order chi connectivity index (χ0) is 39.8. The molecule has 0 bridgehead atoms. The maximum Gasteiger partial charge on any atom is 0.237 e. The fraction of sp³-hybridized carbons (Fsp3) is 0.273. The first-order valence-electron chi connectivity index (χ1n) is 19.1. The van der Waals surface area contributed by atoms with E-state index < -0.39 is 68.7 Å². The molecule has 2 fully saturated rings. The minimum absolute atomic E-state index is 0.112. The van der Waals surface area contributed by atoms with Crippen molar-refractivity contribution in [2.24, 2.45) is 0 Å². The third kappa shape index (κ3) is 5.03. The van der Waals surface area contributed by atoms with Gasteiger partial charge < -0.3 is 9.47 Å². The van der Waals surface area contributed by atoms with Gasteiger partial charge in [0.05, 0.1) is 20.9 Å². The van der Waals surface area contributed by atoms with Crippen molar-refractivity contribution in [2.45, 2.75) is 75.4 Å².